The molecule has 0 aromatic rings. The number of hydrogen-bond donors (Lipinski definition) is 3. The molecule has 13 heavy (non-hydrogen) atoms. The number of rotatable bonds is 3. The predicted molar refractivity (Wildman–Crippen MR) is 48.3 cm³/mol. The third-order valence-corrected chi connectivity index (χ3v) is 1.54. The third kappa shape index (κ3) is 24.9. The van der Waals surface area contributed by atoms with Crippen LogP contribution in [0, 0.1) is 4.91 Å². The molecular formula is C4H12N4O4S. The average molecular weight is 212 g/mol. The minimum Gasteiger partial charge on any atom is -0.368 e. The maximum atomic E-state index is 9.79. The molecule has 0 rings (SSSR count). The largest absolute Gasteiger partial charge is 0.368 e. The van der Waals surface area contributed by atoms with Crippen LogP contribution in [0.2, 0.25) is 0 Å². The van der Waals surface area contributed by atoms with Crippen molar-refractivity contribution in [2.24, 2.45) is 21.9 Å². The molecule has 0 spiro atoms. The Bertz CT molecular complexity index is 255. The van der Waals surface area contributed by atoms with Gasteiger partial charge in [0.2, 0.25) is 5.96 Å². The van der Waals surface area contributed by atoms with Gasteiger partial charge in [0.05, 0.1) is 11.0 Å². The maximum Gasteiger partial charge on any atom is 0.264 e. The summed E-state index contributed by atoms with van der Waals surface area (Å²) in [6.07, 6.45) is 0.471. The van der Waals surface area contributed by atoms with E-state index in [0.29, 0.717) is 6.42 Å². The van der Waals surface area contributed by atoms with Crippen molar-refractivity contribution in [1.29, 1.82) is 0 Å². The average Bonchev–Trinajstić information content (AvgIpc) is 1.84. The predicted octanol–water partition coefficient (Wildman–Crippen LogP) is -0.775. The zero-order chi connectivity index (χ0) is 10.9. The van der Waals surface area contributed by atoms with E-state index in [0.717, 1.165) is 0 Å². The van der Waals surface area contributed by atoms with Crippen molar-refractivity contribution in [2.75, 3.05) is 5.75 Å². The molecular weight excluding hydrogens is 200 g/mol. The number of nitroso groups, excluding NO2 is 1. The second-order valence-electron chi connectivity index (χ2n) is 1.89. The molecule has 0 aliphatic heterocycles. The molecule has 0 saturated carbocycles. The molecule has 0 aromatic carbocycles. The Hall–Kier alpha value is -1.22. The van der Waals surface area contributed by atoms with Crippen LogP contribution in [0.3, 0.4) is 0 Å². The highest BCUT2D eigenvalue weighted by molar-refractivity contribution is 7.85. The van der Waals surface area contributed by atoms with E-state index in [1.54, 1.807) is 6.92 Å². The van der Waals surface area contributed by atoms with Gasteiger partial charge in [-0.15, -0.1) is 4.91 Å². The molecule has 0 aromatic heterocycles. The van der Waals surface area contributed by atoms with Gasteiger partial charge in [0.25, 0.3) is 10.1 Å². The van der Waals surface area contributed by atoms with Gasteiger partial charge in [0.1, 0.15) is 0 Å². The van der Waals surface area contributed by atoms with Crippen LogP contribution < -0.4 is 11.5 Å². The maximum absolute atomic E-state index is 9.79. The van der Waals surface area contributed by atoms with Gasteiger partial charge in [-0.05, 0) is 6.42 Å². The van der Waals surface area contributed by atoms with Gasteiger partial charge in [-0.3, -0.25) is 4.55 Å². The van der Waals surface area contributed by atoms with Crippen LogP contribution in [0.1, 0.15) is 13.3 Å². The van der Waals surface area contributed by atoms with Crippen molar-refractivity contribution >= 4 is 16.1 Å². The van der Waals surface area contributed by atoms with Gasteiger partial charge in [-0.2, -0.15) is 8.42 Å². The minimum atomic E-state index is -3.67. The number of nitrogens with two attached hydrogens (primary N) is 2. The van der Waals surface area contributed by atoms with E-state index >= 15 is 0 Å². The molecule has 0 bridgehead atoms. The van der Waals surface area contributed by atoms with Crippen molar-refractivity contribution in [2.45, 2.75) is 13.3 Å². The summed E-state index contributed by atoms with van der Waals surface area (Å²) in [4.78, 5) is 9.02. The van der Waals surface area contributed by atoms with Crippen molar-refractivity contribution in [3.8, 4) is 0 Å². The Kier molecular flexibility index (Phi) is 8.18. The van der Waals surface area contributed by atoms with Crippen LogP contribution in [-0.4, -0.2) is 24.7 Å². The molecule has 0 heterocycles. The Morgan fingerprint density at radius 1 is 1.46 bits per heavy atom. The molecule has 0 fully saturated rings. The van der Waals surface area contributed by atoms with Gasteiger partial charge < -0.3 is 11.5 Å². The highest BCUT2D eigenvalue weighted by atomic mass is 32.2. The molecule has 8 nitrogen and oxygen atoms in total. The first-order valence-electron chi connectivity index (χ1n) is 3.20. The van der Waals surface area contributed by atoms with Crippen LogP contribution in [0.5, 0.6) is 0 Å². The van der Waals surface area contributed by atoms with Crippen molar-refractivity contribution < 1.29 is 13.0 Å². The van der Waals surface area contributed by atoms with Crippen LogP contribution >= 0.6 is 0 Å². The Balaban J connectivity index is 0. The monoisotopic (exact) mass is 212 g/mol. The second kappa shape index (κ2) is 7.43. The van der Waals surface area contributed by atoms with E-state index in [-0.39, 0.29) is 11.7 Å². The summed E-state index contributed by atoms with van der Waals surface area (Å²) in [5.74, 6) is -0.447. The third-order valence-electron chi connectivity index (χ3n) is 0.618. The zero-order valence-corrected chi connectivity index (χ0v) is 7.86. The van der Waals surface area contributed by atoms with Gasteiger partial charge in [-0.25, -0.2) is 0 Å². The van der Waals surface area contributed by atoms with Crippen molar-refractivity contribution in [3.05, 3.63) is 4.91 Å². The lowest BCUT2D eigenvalue weighted by Crippen LogP contribution is -2.21. The highest BCUT2D eigenvalue weighted by Crippen LogP contribution is 1.83. The lowest BCUT2D eigenvalue weighted by atomic mass is 10.6. The summed E-state index contributed by atoms with van der Waals surface area (Å²) in [5, 5.41) is 4.69. The van der Waals surface area contributed by atoms with E-state index in [9.17, 15) is 8.42 Å². The summed E-state index contributed by atoms with van der Waals surface area (Å²) in [6.45, 7) is 1.69. The van der Waals surface area contributed by atoms with Gasteiger partial charge in [0.15, 0.2) is 0 Å². The van der Waals surface area contributed by atoms with Gasteiger partial charge >= 0.3 is 0 Å². The molecule has 78 valence electrons. The number of hydrogen-bond acceptors (Lipinski definition) is 4. The summed E-state index contributed by atoms with van der Waals surface area (Å²) < 4.78 is 27.6. The van der Waals surface area contributed by atoms with E-state index < -0.39 is 10.1 Å². The molecule has 5 N–H and O–H groups in total. The highest BCUT2D eigenvalue weighted by Gasteiger charge is 1.98. The lowest BCUT2D eigenvalue weighted by Gasteiger charge is -1.85. The molecule has 0 radical (unpaired) electrons. The summed E-state index contributed by atoms with van der Waals surface area (Å²) in [7, 11) is -3.67. The van der Waals surface area contributed by atoms with E-state index in [4.69, 9.17) is 9.46 Å². The summed E-state index contributed by atoms with van der Waals surface area (Å²) in [6, 6.07) is 0. The van der Waals surface area contributed by atoms with E-state index in [2.05, 4.69) is 16.6 Å². The zero-order valence-electron chi connectivity index (χ0n) is 7.04. The van der Waals surface area contributed by atoms with Crippen LogP contribution in [0.15, 0.2) is 10.4 Å². The quantitative estimate of drug-likeness (QED) is 0.184. The fourth-order valence-electron chi connectivity index (χ4n) is 0.305. The van der Waals surface area contributed by atoms with Crippen LogP contribution in [0.25, 0.3) is 0 Å². The van der Waals surface area contributed by atoms with E-state index in [1.807, 2.05) is 5.29 Å². The van der Waals surface area contributed by atoms with Crippen molar-refractivity contribution in [1.82, 2.24) is 0 Å². The van der Waals surface area contributed by atoms with Crippen LogP contribution in [0.4, 0.5) is 0 Å². The number of guanidine groups is 1. The summed E-state index contributed by atoms with van der Waals surface area (Å²) >= 11 is 0. The minimum absolute atomic E-state index is 0.132. The molecule has 0 aliphatic rings. The normalized spacial score (nSPS) is 9.38. The van der Waals surface area contributed by atoms with Gasteiger partial charge in [-0.1, -0.05) is 12.0 Å². The van der Waals surface area contributed by atoms with Crippen LogP contribution in [-0.2, 0) is 10.1 Å². The summed E-state index contributed by atoms with van der Waals surface area (Å²) in [5.41, 5.74) is 9.27. The van der Waals surface area contributed by atoms with Gasteiger partial charge in [0, 0.05) is 0 Å². The fraction of sp³-hybridized carbons (Fsp3) is 0.750. The molecule has 0 saturated heterocycles. The Morgan fingerprint density at radius 3 is 1.92 bits per heavy atom. The Labute approximate surface area is 75.7 Å². The second-order valence-corrected chi connectivity index (χ2v) is 3.46. The molecule has 9 heteroatoms. The smallest absolute Gasteiger partial charge is 0.264 e. The van der Waals surface area contributed by atoms with Crippen molar-refractivity contribution in [3.63, 3.8) is 0 Å². The number of nitrogens with zero attached hydrogens (tertiary/aromatic N) is 2. The van der Waals surface area contributed by atoms with E-state index in [1.165, 1.54) is 0 Å². The molecule has 0 unspecified atom stereocenters. The topological polar surface area (TPSA) is 148 Å². The molecule has 0 aliphatic carbocycles. The molecule has 0 atom stereocenters. The first-order valence-corrected chi connectivity index (χ1v) is 4.80. The Morgan fingerprint density at radius 2 is 1.92 bits per heavy atom. The first kappa shape index (κ1) is 14.3. The first-order chi connectivity index (χ1) is 5.83. The fourth-order valence-corrected chi connectivity index (χ4v) is 0.821. The standard InChI is InChI=1S/C3H8O3S.CH4N4O/c1-2-3-7(4,5)6;2-1(3)4-5-6/h2-3H2,1H3,(H,4,5,6);(H4,2,3,4,6). The SMILES string of the molecule is CCCS(=O)(=O)O.NC(N)=NN=O. The molecule has 0 amide bonds. The lowest BCUT2D eigenvalue weighted by molar-refractivity contribution is 0.482.